The van der Waals surface area contributed by atoms with E-state index in [0.717, 1.165) is 0 Å². The number of rotatable bonds is 5. The predicted octanol–water partition coefficient (Wildman–Crippen LogP) is 3.97. The fourth-order valence-electron chi connectivity index (χ4n) is 3.38. The van der Waals surface area contributed by atoms with Gasteiger partial charge in [-0.25, -0.2) is 4.21 Å². The van der Waals surface area contributed by atoms with Crippen LogP contribution in [0.5, 0.6) is 0 Å². The van der Waals surface area contributed by atoms with Crippen LogP contribution in [-0.2, 0) is 15.5 Å². The Labute approximate surface area is 185 Å². The molecule has 0 amide bonds. The second kappa shape index (κ2) is 8.83. The van der Waals surface area contributed by atoms with Gasteiger partial charge in [-0.05, 0) is 29.8 Å². The largest absolute Gasteiger partial charge is 0.437 e. The normalized spacial score (nSPS) is 16.8. The smallest absolute Gasteiger partial charge is 0.269 e. The summed E-state index contributed by atoms with van der Waals surface area (Å²) in [6.07, 6.45) is 1.56. The van der Waals surface area contributed by atoms with Gasteiger partial charge < -0.3 is 10.5 Å². The van der Waals surface area contributed by atoms with Crippen LogP contribution in [0.3, 0.4) is 0 Å². The number of nitriles is 1. The van der Waals surface area contributed by atoms with Crippen molar-refractivity contribution < 1.29 is 13.9 Å². The molecule has 0 spiro atoms. The number of nitro benzene ring substituents is 1. The average Bonchev–Trinajstić information content (AvgIpc) is 2.84. The molecular weight excluding hydrogens is 428 g/mol. The van der Waals surface area contributed by atoms with E-state index in [1.165, 1.54) is 24.3 Å². The van der Waals surface area contributed by atoms with Crippen molar-refractivity contribution in [1.82, 2.24) is 4.98 Å². The summed E-state index contributed by atoms with van der Waals surface area (Å²) in [5, 5.41) is 20.9. The standard InChI is InChI=1S/C23H16N4O4S/c24-14-18-20(15-9-11-16(12-10-15)27(28)29)22(32(30)17-6-2-1-3-7-17)21(31-23(18)25)19-8-4-5-13-26-19/h1-13,20H,25H2. The van der Waals surface area contributed by atoms with Crippen molar-refractivity contribution >= 4 is 22.2 Å². The molecule has 1 aliphatic heterocycles. The molecule has 3 aromatic rings. The van der Waals surface area contributed by atoms with Crippen LogP contribution >= 0.6 is 0 Å². The number of aromatic nitrogens is 1. The summed E-state index contributed by atoms with van der Waals surface area (Å²) < 4.78 is 19.6. The quantitative estimate of drug-likeness (QED) is 0.465. The van der Waals surface area contributed by atoms with Crippen LogP contribution < -0.4 is 5.73 Å². The third kappa shape index (κ3) is 3.87. The second-order valence-corrected chi connectivity index (χ2v) is 8.21. The van der Waals surface area contributed by atoms with Gasteiger partial charge in [-0.2, -0.15) is 5.26 Å². The SMILES string of the molecule is N#CC1=C(N)OC(c2ccccn2)=C(S(=O)c2ccccc2)C1c1ccc([N+](=O)[O-])cc1. The predicted molar refractivity (Wildman–Crippen MR) is 118 cm³/mol. The van der Waals surface area contributed by atoms with Gasteiger partial charge in [0.1, 0.15) is 17.3 Å². The van der Waals surface area contributed by atoms with Crippen molar-refractivity contribution in [1.29, 1.82) is 5.26 Å². The Balaban J connectivity index is 1.98. The lowest BCUT2D eigenvalue weighted by Gasteiger charge is -2.28. The number of hydrogen-bond donors (Lipinski definition) is 1. The number of hydrogen-bond acceptors (Lipinski definition) is 7. The van der Waals surface area contributed by atoms with Crippen LogP contribution in [0.2, 0.25) is 0 Å². The molecule has 2 atom stereocenters. The zero-order valence-corrected chi connectivity index (χ0v) is 17.4. The molecule has 9 heteroatoms. The second-order valence-electron chi connectivity index (χ2n) is 6.76. The Kier molecular flexibility index (Phi) is 5.79. The number of non-ortho nitro benzene ring substituents is 1. The van der Waals surface area contributed by atoms with Gasteiger partial charge >= 0.3 is 0 Å². The Morgan fingerprint density at radius 2 is 1.75 bits per heavy atom. The summed E-state index contributed by atoms with van der Waals surface area (Å²) >= 11 is 0. The van der Waals surface area contributed by atoms with Gasteiger partial charge in [-0.15, -0.1) is 0 Å². The molecule has 0 bridgehead atoms. The minimum Gasteiger partial charge on any atom is -0.437 e. The number of ether oxygens (including phenoxy) is 1. The molecule has 0 fully saturated rings. The van der Waals surface area contributed by atoms with E-state index in [4.69, 9.17) is 10.5 Å². The van der Waals surface area contributed by atoms with E-state index in [1.54, 1.807) is 54.7 Å². The van der Waals surface area contributed by atoms with Crippen LogP contribution in [0.4, 0.5) is 5.69 Å². The number of nitrogens with zero attached hydrogens (tertiary/aromatic N) is 3. The maximum atomic E-state index is 13.8. The fourth-order valence-corrected chi connectivity index (χ4v) is 4.82. The molecular formula is C23H16N4O4S. The highest BCUT2D eigenvalue weighted by atomic mass is 32.2. The molecule has 0 aliphatic carbocycles. The first-order valence-corrected chi connectivity index (χ1v) is 10.6. The minimum absolute atomic E-state index is 0.0674. The minimum atomic E-state index is -1.74. The first-order chi connectivity index (χ1) is 15.5. The topological polar surface area (TPSA) is 132 Å². The summed E-state index contributed by atoms with van der Waals surface area (Å²) in [6.45, 7) is 0. The summed E-state index contributed by atoms with van der Waals surface area (Å²) in [5.74, 6) is -0.787. The first kappa shape index (κ1) is 21.0. The van der Waals surface area contributed by atoms with Crippen LogP contribution in [0.25, 0.3) is 5.76 Å². The molecule has 8 nitrogen and oxygen atoms in total. The molecule has 158 valence electrons. The van der Waals surface area contributed by atoms with Crippen molar-refractivity contribution in [2.75, 3.05) is 0 Å². The Hall–Kier alpha value is -4.29. The van der Waals surface area contributed by atoms with E-state index in [2.05, 4.69) is 11.1 Å². The number of nitro groups is 1. The van der Waals surface area contributed by atoms with Gasteiger partial charge in [0.05, 0.1) is 26.5 Å². The number of allylic oxidation sites excluding steroid dienone is 2. The van der Waals surface area contributed by atoms with Crippen molar-refractivity contribution in [3.8, 4) is 6.07 Å². The average molecular weight is 444 g/mol. The molecule has 2 heterocycles. The molecule has 2 N–H and O–H groups in total. The van der Waals surface area contributed by atoms with E-state index < -0.39 is 21.6 Å². The molecule has 2 aromatic carbocycles. The fraction of sp³-hybridized carbons (Fsp3) is 0.0435. The van der Waals surface area contributed by atoms with Gasteiger partial charge in [0.15, 0.2) is 5.76 Å². The number of benzene rings is 2. The van der Waals surface area contributed by atoms with Gasteiger partial charge in [0, 0.05) is 23.2 Å². The third-order valence-corrected chi connectivity index (χ3v) is 6.39. The number of nitrogens with two attached hydrogens (primary N) is 1. The highest BCUT2D eigenvalue weighted by molar-refractivity contribution is 7.89. The zero-order chi connectivity index (χ0) is 22.7. The summed E-state index contributed by atoms with van der Waals surface area (Å²) in [6, 6.07) is 21.7. The van der Waals surface area contributed by atoms with Gasteiger partial charge in [0.25, 0.3) is 5.69 Å². The van der Waals surface area contributed by atoms with Crippen LogP contribution in [-0.4, -0.2) is 14.1 Å². The van der Waals surface area contributed by atoms with Crippen molar-refractivity contribution in [2.45, 2.75) is 10.8 Å². The molecule has 1 aliphatic rings. The third-order valence-electron chi connectivity index (χ3n) is 4.86. The molecule has 1 aromatic heterocycles. The summed E-state index contributed by atoms with van der Waals surface area (Å²) in [4.78, 5) is 15.7. The van der Waals surface area contributed by atoms with E-state index >= 15 is 0 Å². The monoisotopic (exact) mass is 444 g/mol. The molecule has 4 rings (SSSR count). The maximum Gasteiger partial charge on any atom is 0.269 e. The molecule has 0 saturated heterocycles. The van der Waals surface area contributed by atoms with Crippen molar-refractivity contribution in [2.24, 2.45) is 5.73 Å². The first-order valence-electron chi connectivity index (χ1n) is 9.45. The van der Waals surface area contributed by atoms with Crippen molar-refractivity contribution in [3.63, 3.8) is 0 Å². The lowest BCUT2D eigenvalue weighted by Crippen LogP contribution is -2.23. The molecule has 2 unspecified atom stereocenters. The number of pyridine rings is 1. The molecule has 0 saturated carbocycles. The lowest BCUT2D eigenvalue weighted by molar-refractivity contribution is -0.384. The van der Waals surface area contributed by atoms with Crippen LogP contribution in [0.1, 0.15) is 17.2 Å². The lowest BCUT2D eigenvalue weighted by atomic mass is 9.89. The van der Waals surface area contributed by atoms with E-state index in [-0.39, 0.29) is 27.8 Å². The van der Waals surface area contributed by atoms with E-state index in [0.29, 0.717) is 16.2 Å². The van der Waals surface area contributed by atoms with Crippen molar-refractivity contribution in [3.05, 3.63) is 117 Å². The Morgan fingerprint density at radius 1 is 1.06 bits per heavy atom. The van der Waals surface area contributed by atoms with Gasteiger partial charge in [-0.1, -0.05) is 36.4 Å². The maximum absolute atomic E-state index is 13.8. The molecule has 0 radical (unpaired) electrons. The summed E-state index contributed by atoms with van der Waals surface area (Å²) in [7, 11) is -1.74. The van der Waals surface area contributed by atoms with E-state index in [1.807, 2.05) is 0 Å². The van der Waals surface area contributed by atoms with E-state index in [9.17, 15) is 19.6 Å². The highest BCUT2D eigenvalue weighted by Gasteiger charge is 2.37. The Bertz CT molecular complexity index is 1300. The zero-order valence-electron chi connectivity index (χ0n) is 16.5. The highest BCUT2D eigenvalue weighted by Crippen LogP contribution is 2.45. The van der Waals surface area contributed by atoms with Crippen LogP contribution in [0.15, 0.2) is 100 Å². The van der Waals surface area contributed by atoms with Gasteiger partial charge in [0.2, 0.25) is 5.88 Å². The summed E-state index contributed by atoms with van der Waals surface area (Å²) in [5.41, 5.74) is 6.98. The molecule has 32 heavy (non-hydrogen) atoms. The van der Waals surface area contributed by atoms with Crippen LogP contribution in [0, 0.1) is 21.4 Å². The van der Waals surface area contributed by atoms with Gasteiger partial charge in [-0.3, -0.25) is 15.1 Å². The Morgan fingerprint density at radius 3 is 2.34 bits per heavy atom.